The Morgan fingerprint density at radius 3 is 0.971 bits per heavy atom. The van der Waals surface area contributed by atoms with Crippen molar-refractivity contribution in [3.05, 3.63) is 122 Å². The van der Waals surface area contributed by atoms with Crippen LogP contribution in [0.15, 0.2) is 122 Å². The first kappa shape index (κ1) is 64.8. The van der Waals surface area contributed by atoms with E-state index >= 15 is 0 Å². The third-order valence-electron chi connectivity index (χ3n) is 11.5. The molecule has 0 heterocycles. The Labute approximate surface area is 424 Å². The highest BCUT2D eigenvalue weighted by Crippen LogP contribution is 2.15. The highest BCUT2D eigenvalue weighted by Gasteiger charge is 2.19. The second kappa shape index (κ2) is 56.4. The molecule has 0 fully saturated rings. The summed E-state index contributed by atoms with van der Waals surface area (Å²) in [6.45, 7) is 6.33. The van der Waals surface area contributed by atoms with E-state index in [9.17, 15) is 14.4 Å². The number of carbonyl (C=O) groups is 3. The summed E-state index contributed by atoms with van der Waals surface area (Å²) in [6.07, 6.45) is 77.7. The van der Waals surface area contributed by atoms with Crippen LogP contribution in [0.4, 0.5) is 0 Å². The lowest BCUT2D eigenvalue weighted by molar-refractivity contribution is -0.166. The van der Waals surface area contributed by atoms with E-state index in [2.05, 4.69) is 136 Å². The normalized spacial score (nSPS) is 13.0. The average molecular weight is 956 g/mol. The Morgan fingerprint density at radius 1 is 0.304 bits per heavy atom. The Morgan fingerprint density at radius 2 is 0.594 bits per heavy atom. The van der Waals surface area contributed by atoms with Gasteiger partial charge in [0.15, 0.2) is 6.10 Å². The number of allylic oxidation sites excluding steroid dienone is 20. The Bertz CT molecular complexity index is 1470. The predicted octanol–water partition coefficient (Wildman–Crippen LogP) is 18.9. The van der Waals surface area contributed by atoms with Crippen LogP contribution >= 0.6 is 0 Å². The smallest absolute Gasteiger partial charge is 0.306 e. The standard InChI is InChI=1S/C63H102O6/c1-4-7-10-13-16-19-22-25-28-30-31-33-36-38-41-44-47-50-53-56-62(65)68-59-60(69-63(66)57-54-51-48-45-42-39-34-27-24-21-18-15-12-9-6-3)58-67-61(64)55-52-49-46-43-40-37-35-32-29-26-23-20-17-14-11-8-5-2/h7-8,10-11,16-17,19-20,25-26,28-29,31,33,35,37-38,41,47,50,60H,4-6,9,12-15,18,21-24,27,30,32,34,36,39-40,42-46,48-49,51-59H2,1-3H3/b10-7-,11-8-,19-16-,20-17-,28-25-,29-26-,33-31-,37-35-,41-38-,50-47-/t60-/m0/s1. The molecule has 0 spiro atoms. The molecule has 0 saturated heterocycles. The van der Waals surface area contributed by atoms with Crippen LogP contribution in [0.2, 0.25) is 0 Å². The SMILES string of the molecule is CC/C=C\C/C=C\C/C=C\C/C=C\C/C=C\C/C=C\CCC(=O)OC[C@H](COC(=O)CCCCCC/C=C\C/C=C\C/C=C\C/C=C\CC)OC(=O)CCCCCCCCCCCCCCCCC. The minimum absolute atomic E-state index is 0.115. The van der Waals surface area contributed by atoms with Crippen molar-refractivity contribution in [2.24, 2.45) is 0 Å². The van der Waals surface area contributed by atoms with Crippen LogP contribution in [-0.4, -0.2) is 37.2 Å². The summed E-state index contributed by atoms with van der Waals surface area (Å²) in [7, 11) is 0. The minimum atomic E-state index is -0.821. The van der Waals surface area contributed by atoms with Gasteiger partial charge in [0.25, 0.3) is 0 Å². The van der Waals surface area contributed by atoms with Gasteiger partial charge in [-0.25, -0.2) is 0 Å². The molecule has 0 rings (SSSR count). The molecule has 1 atom stereocenters. The van der Waals surface area contributed by atoms with Crippen LogP contribution in [-0.2, 0) is 28.6 Å². The molecule has 6 heteroatoms. The summed E-state index contributed by atoms with van der Waals surface area (Å²) in [5, 5.41) is 0. The van der Waals surface area contributed by atoms with Crippen LogP contribution in [0.3, 0.4) is 0 Å². The molecule has 0 radical (unpaired) electrons. The van der Waals surface area contributed by atoms with Gasteiger partial charge < -0.3 is 14.2 Å². The molecule has 0 aromatic heterocycles. The molecule has 0 bridgehead atoms. The fourth-order valence-electron chi connectivity index (χ4n) is 7.34. The maximum atomic E-state index is 12.8. The van der Waals surface area contributed by atoms with Crippen LogP contribution in [0.5, 0.6) is 0 Å². The Balaban J connectivity index is 4.55. The summed E-state index contributed by atoms with van der Waals surface area (Å²) < 4.78 is 16.8. The maximum absolute atomic E-state index is 12.8. The van der Waals surface area contributed by atoms with Gasteiger partial charge in [-0.15, -0.1) is 0 Å². The molecule has 6 nitrogen and oxygen atoms in total. The quantitative estimate of drug-likeness (QED) is 0.0262. The van der Waals surface area contributed by atoms with Crippen LogP contribution in [0, 0.1) is 0 Å². The summed E-state index contributed by atoms with van der Waals surface area (Å²) in [6, 6.07) is 0. The Kier molecular flexibility index (Phi) is 53.0. The number of hydrogen-bond acceptors (Lipinski definition) is 6. The van der Waals surface area contributed by atoms with Gasteiger partial charge >= 0.3 is 17.9 Å². The van der Waals surface area contributed by atoms with E-state index in [1.807, 2.05) is 6.08 Å². The zero-order valence-electron chi connectivity index (χ0n) is 44.5. The fourth-order valence-corrected chi connectivity index (χ4v) is 7.34. The minimum Gasteiger partial charge on any atom is -0.462 e. The number of hydrogen-bond donors (Lipinski definition) is 0. The Hall–Kier alpha value is -4.19. The summed E-state index contributed by atoms with van der Waals surface area (Å²) >= 11 is 0. The molecule has 390 valence electrons. The van der Waals surface area contributed by atoms with Gasteiger partial charge in [-0.2, -0.15) is 0 Å². The lowest BCUT2D eigenvalue weighted by atomic mass is 10.0. The molecule has 0 unspecified atom stereocenters. The zero-order chi connectivity index (χ0) is 50.0. The van der Waals surface area contributed by atoms with Gasteiger partial charge in [0.05, 0.1) is 0 Å². The van der Waals surface area contributed by atoms with Gasteiger partial charge in [-0.05, 0) is 96.3 Å². The van der Waals surface area contributed by atoms with Crippen molar-refractivity contribution >= 4 is 17.9 Å². The summed E-state index contributed by atoms with van der Waals surface area (Å²) in [4.78, 5) is 38.1. The topological polar surface area (TPSA) is 78.9 Å². The first-order valence-corrected chi connectivity index (χ1v) is 28.0. The first-order valence-electron chi connectivity index (χ1n) is 28.0. The molecule has 0 N–H and O–H groups in total. The average Bonchev–Trinajstić information content (AvgIpc) is 3.35. The number of ether oxygens (including phenoxy) is 3. The van der Waals surface area contributed by atoms with Crippen molar-refractivity contribution < 1.29 is 28.6 Å². The van der Waals surface area contributed by atoms with Crippen molar-refractivity contribution in [1.82, 2.24) is 0 Å². The van der Waals surface area contributed by atoms with Gasteiger partial charge in [0, 0.05) is 19.3 Å². The van der Waals surface area contributed by atoms with E-state index in [4.69, 9.17) is 14.2 Å². The molecule has 0 aliphatic rings. The van der Waals surface area contributed by atoms with Gasteiger partial charge in [0.1, 0.15) is 13.2 Å². The lowest BCUT2D eigenvalue weighted by Gasteiger charge is -2.18. The van der Waals surface area contributed by atoms with E-state index in [1.165, 1.54) is 77.0 Å². The molecule has 69 heavy (non-hydrogen) atoms. The summed E-state index contributed by atoms with van der Waals surface area (Å²) in [5.41, 5.74) is 0. The first-order chi connectivity index (χ1) is 34.0. The number of esters is 3. The molecule has 0 amide bonds. The summed E-state index contributed by atoms with van der Waals surface area (Å²) in [5.74, 6) is -1.02. The molecular weight excluding hydrogens is 853 g/mol. The monoisotopic (exact) mass is 955 g/mol. The van der Waals surface area contributed by atoms with Crippen LogP contribution < -0.4 is 0 Å². The second-order valence-corrected chi connectivity index (χ2v) is 18.1. The van der Waals surface area contributed by atoms with Gasteiger partial charge in [-0.1, -0.05) is 245 Å². The third kappa shape index (κ3) is 54.6. The maximum Gasteiger partial charge on any atom is 0.306 e. The molecule has 0 saturated carbocycles. The highest BCUT2D eigenvalue weighted by molar-refractivity contribution is 5.71. The fraction of sp³-hybridized carbons (Fsp3) is 0.635. The molecule has 0 aromatic carbocycles. The van der Waals surface area contributed by atoms with Gasteiger partial charge in [-0.3, -0.25) is 14.4 Å². The van der Waals surface area contributed by atoms with E-state index in [0.29, 0.717) is 19.3 Å². The van der Waals surface area contributed by atoms with Crippen molar-refractivity contribution in [3.8, 4) is 0 Å². The number of unbranched alkanes of at least 4 members (excludes halogenated alkanes) is 18. The van der Waals surface area contributed by atoms with Crippen molar-refractivity contribution in [2.45, 2.75) is 245 Å². The number of rotatable bonds is 49. The third-order valence-corrected chi connectivity index (χ3v) is 11.5. The predicted molar refractivity (Wildman–Crippen MR) is 297 cm³/mol. The van der Waals surface area contributed by atoms with Crippen LogP contribution in [0.1, 0.15) is 239 Å². The van der Waals surface area contributed by atoms with E-state index in [1.54, 1.807) is 0 Å². The largest absolute Gasteiger partial charge is 0.462 e. The zero-order valence-corrected chi connectivity index (χ0v) is 44.5. The van der Waals surface area contributed by atoms with E-state index in [-0.39, 0.29) is 37.5 Å². The van der Waals surface area contributed by atoms with E-state index in [0.717, 1.165) is 116 Å². The molecule has 0 aliphatic heterocycles. The van der Waals surface area contributed by atoms with Crippen molar-refractivity contribution in [2.75, 3.05) is 13.2 Å². The molecule has 0 aromatic rings. The highest BCUT2D eigenvalue weighted by atomic mass is 16.6. The molecular formula is C63H102O6. The van der Waals surface area contributed by atoms with Crippen LogP contribution in [0.25, 0.3) is 0 Å². The van der Waals surface area contributed by atoms with Crippen molar-refractivity contribution in [1.29, 1.82) is 0 Å². The molecule has 0 aliphatic carbocycles. The lowest BCUT2D eigenvalue weighted by Crippen LogP contribution is -2.30. The second-order valence-electron chi connectivity index (χ2n) is 18.1. The van der Waals surface area contributed by atoms with Crippen molar-refractivity contribution in [3.63, 3.8) is 0 Å². The number of carbonyl (C=O) groups excluding carboxylic acids is 3. The van der Waals surface area contributed by atoms with Gasteiger partial charge in [0.2, 0.25) is 0 Å². The van der Waals surface area contributed by atoms with E-state index < -0.39 is 6.10 Å².